The van der Waals surface area contributed by atoms with Crippen LogP contribution >= 0.6 is 11.8 Å². The highest BCUT2D eigenvalue weighted by Gasteiger charge is 2.24. The summed E-state index contributed by atoms with van der Waals surface area (Å²) >= 11 is 1.65. The first kappa shape index (κ1) is 30.7. The number of carbonyl (C=O) groups is 3. The number of carboxylic acid groups (broad SMARTS) is 1. The molecule has 0 heterocycles. The highest BCUT2D eigenvalue weighted by atomic mass is 32.2. The van der Waals surface area contributed by atoms with Gasteiger partial charge < -0.3 is 25.2 Å². The third-order valence-corrected chi connectivity index (χ3v) is 8.19. The molecular formula is C35H34N2O6S. The zero-order valence-corrected chi connectivity index (χ0v) is 25.1. The Kier molecular flexibility index (Phi) is 10.2. The molecule has 1 aliphatic carbocycles. The van der Waals surface area contributed by atoms with E-state index in [9.17, 15) is 19.5 Å². The molecule has 1 fully saturated rings. The highest BCUT2D eigenvalue weighted by Crippen LogP contribution is 2.28. The first-order chi connectivity index (χ1) is 21.4. The van der Waals surface area contributed by atoms with Crippen LogP contribution in [0.4, 0.5) is 5.69 Å². The minimum absolute atomic E-state index is 0.0307. The third kappa shape index (κ3) is 8.41. The molecule has 1 saturated carbocycles. The number of benzene rings is 4. The number of amides is 2. The van der Waals surface area contributed by atoms with E-state index in [0.29, 0.717) is 17.1 Å². The van der Waals surface area contributed by atoms with Gasteiger partial charge in [0, 0.05) is 16.5 Å². The largest absolute Gasteiger partial charge is 0.490 e. The molecule has 0 bridgehead atoms. The smallest absolute Gasteiger partial charge is 0.337 e. The van der Waals surface area contributed by atoms with Crippen LogP contribution in [0.2, 0.25) is 0 Å². The fraction of sp³-hybridized carbons (Fsp3) is 0.229. The quantitative estimate of drug-likeness (QED) is 0.154. The molecule has 226 valence electrons. The van der Waals surface area contributed by atoms with Crippen molar-refractivity contribution in [3.63, 3.8) is 0 Å². The van der Waals surface area contributed by atoms with Crippen molar-refractivity contribution in [1.29, 1.82) is 0 Å². The molecule has 0 spiro atoms. The number of thioether (sulfide) groups is 1. The average Bonchev–Trinajstić information content (AvgIpc) is 3.04. The molecule has 4 aromatic carbocycles. The SMILES string of the molecule is CSc1ccc(C(=O)NC2CCC(Oc3ccc(Oc4ccc(CC(=O)Nc5ccccc5C(=O)O)cc4)cc3)CC2)cc1. The number of carbonyl (C=O) groups excluding carboxylic acids is 2. The van der Waals surface area contributed by atoms with Crippen molar-refractivity contribution in [3.05, 3.63) is 114 Å². The molecule has 1 aliphatic rings. The molecule has 0 radical (unpaired) electrons. The fourth-order valence-electron chi connectivity index (χ4n) is 5.08. The number of hydrogen-bond donors (Lipinski definition) is 3. The summed E-state index contributed by atoms with van der Waals surface area (Å²) in [4.78, 5) is 37.6. The first-order valence-corrected chi connectivity index (χ1v) is 15.7. The van der Waals surface area contributed by atoms with E-state index in [-0.39, 0.29) is 41.6 Å². The van der Waals surface area contributed by atoms with Crippen LogP contribution in [0.15, 0.2) is 102 Å². The molecule has 9 heteroatoms. The van der Waals surface area contributed by atoms with Crippen molar-refractivity contribution >= 4 is 35.2 Å². The van der Waals surface area contributed by atoms with Crippen molar-refractivity contribution in [2.45, 2.75) is 49.1 Å². The van der Waals surface area contributed by atoms with Crippen LogP contribution in [0.1, 0.15) is 52.0 Å². The summed E-state index contributed by atoms with van der Waals surface area (Å²) < 4.78 is 12.2. The van der Waals surface area contributed by atoms with E-state index in [4.69, 9.17) is 9.47 Å². The second kappa shape index (κ2) is 14.6. The monoisotopic (exact) mass is 610 g/mol. The number of nitrogens with one attached hydrogen (secondary N) is 2. The van der Waals surface area contributed by atoms with E-state index in [1.807, 2.05) is 54.8 Å². The van der Waals surface area contributed by atoms with Gasteiger partial charge in [0.1, 0.15) is 17.2 Å². The van der Waals surface area contributed by atoms with Gasteiger partial charge in [0.25, 0.3) is 5.91 Å². The number of carboxylic acids is 1. The lowest BCUT2D eigenvalue weighted by atomic mass is 9.92. The van der Waals surface area contributed by atoms with Gasteiger partial charge >= 0.3 is 5.97 Å². The molecule has 0 unspecified atom stereocenters. The van der Waals surface area contributed by atoms with Crippen LogP contribution in [0.25, 0.3) is 0 Å². The Balaban J connectivity index is 1.05. The predicted molar refractivity (Wildman–Crippen MR) is 171 cm³/mol. The van der Waals surface area contributed by atoms with Crippen molar-refractivity contribution in [1.82, 2.24) is 5.32 Å². The van der Waals surface area contributed by atoms with Crippen molar-refractivity contribution in [2.75, 3.05) is 11.6 Å². The summed E-state index contributed by atoms with van der Waals surface area (Å²) in [5, 5.41) is 15.1. The van der Waals surface area contributed by atoms with Gasteiger partial charge in [0.15, 0.2) is 0 Å². The Morgan fingerprint density at radius 2 is 1.41 bits per heavy atom. The van der Waals surface area contributed by atoms with Crippen molar-refractivity contribution in [3.8, 4) is 17.2 Å². The number of anilines is 1. The molecule has 2 amide bonds. The maximum absolute atomic E-state index is 12.6. The summed E-state index contributed by atoms with van der Waals surface area (Å²) in [5.74, 6) is 0.615. The number of hydrogen-bond acceptors (Lipinski definition) is 6. The number of ether oxygens (including phenoxy) is 2. The maximum atomic E-state index is 12.6. The van der Waals surface area contributed by atoms with Crippen LogP contribution in [-0.4, -0.2) is 41.3 Å². The van der Waals surface area contributed by atoms with Crippen LogP contribution in [0, 0.1) is 0 Å². The lowest BCUT2D eigenvalue weighted by Gasteiger charge is -2.29. The standard InChI is InChI=1S/C35H34N2O6S/c1-44-30-20-8-24(9-21-30)34(39)36-25-10-14-27(15-11-25)43-29-18-16-28(17-19-29)42-26-12-6-23(7-13-26)22-33(38)37-32-5-3-2-4-31(32)35(40)41/h2-9,12-13,16-21,25,27H,10-11,14-15,22H2,1H3,(H,36,39)(H,37,38)(H,40,41). The zero-order valence-electron chi connectivity index (χ0n) is 24.3. The fourth-order valence-corrected chi connectivity index (χ4v) is 5.49. The summed E-state index contributed by atoms with van der Waals surface area (Å²) in [6, 6.07) is 28.8. The van der Waals surface area contributed by atoms with E-state index in [0.717, 1.165) is 41.9 Å². The van der Waals surface area contributed by atoms with Gasteiger partial charge in [-0.25, -0.2) is 4.79 Å². The summed E-state index contributed by atoms with van der Waals surface area (Å²) in [6.07, 6.45) is 5.68. The Hall–Kier alpha value is -4.76. The Labute approximate surface area is 260 Å². The Bertz CT molecular complexity index is 1580. The van der Waals surface area contributed by atoms with Crippen LogP contribution in [0.5, 0.6) is 17.2 Å². The van der Waals surface area contributed by atoms with Gasteiger partial charge in [-0.1, -0.05) is 24.3 Å². The number of rotatable bonds is 11. The van der Waals surface area contributed by atoms with Crippen LogP contribution < -0.4 is 20.1 Å². The topological polar surface area (TPSA) is 114 Å². The van der Waals surface area contributed by atoms with Gasteiger partial charge in [0.2, 0.25) is 5.91 Å². The zero-order chi connectivity index (χ0) is 30.9. The van der Waals surface area contributed by atoms with Gasteiger partial charge in [-0.2, -0.15) is 0 Å². The van der Waals surface area contributed by atoms with Crippen molar-refractivity contribution in [2.24, 2.45) is 0 Å². The lowest BCUT2D eigenvalue weighted by Crippen LogP contribution is -2.39. The molecule has 0 aromatic heterocycles. The Morgan fingerprint density at radius 3 is 2.05 bits per heavy atom. The van der Waals surface area contributed by atoms with Crippen molar-refractivity contribution < 1.29 is 29.0 Å². The molecular weight excluding hydrogens is 576 g/mol. The van der Waals surface area contributed by atoms with Crippen LogP contribution in [0.3, 0.4) is 0 Å². The summed E-state index contributed by atoms with van der Waals surface area (Å²) in [5.41, 5.74) is 1.76. The summed E-state index contributed by atoms with van der Waals surface area (Å²) in [6.45, 7) is 0. The predicted octanol–water partition coefficient (Wildman–Crippen LogP) is 7.20. The molecule has 0 saturated heterocycles. The third-order valence-electron chi connectivity index (χ3n) is 7.44. The lowest BCUT2D eigenvalue weighted by molar-refractivity contribution is -0.115. The molecule has 0 atom stereocenters. The van der Waals surface area contributed by atoms with E-state index in [1.54, 1.807) is 54.2 Å². The molecule has 4 aromatic rings. The highest BCUT2D eigenvalue weighted by molar-refractivity contribution is 7.98. The minimum atomic E-state index is -1.10. The molecule has 3 N–H and O–H groups in total. The molecule has 8 nitrogen and oxygen atoms in total. The summed E-state index contributed by atoms with van der Waals surface area (Å²) in [7, 11) is 0. The van der Waals surface area contributed by atoms with E-state index in [2.05, 4.69) is 10.6 Å². The second-order valence-electron chi connectivity index (χ2n) is 10.6. The number of aromatic carboxylic acids is 1. The average molecular weight is 611 g/mol. The normalized spacial score (nSPS) is 16.0. The molecule has 44 heavy (non-hydrogen) atoms. The maximum Gasteiger partial charge on any atom is 0.337 e. The van der Waals surface area contributed by atoms with Crippen LogP contribution in [-0.2, 0) is 11.2 Å². The van der Waals surface area contributed by atoms with E-state index >= 15 is 0 Å². The number of para-hydroxylation sites is 1. The van der Waals surface area contributed by atoms with Gasteiger partial charge in [0.05, 0.1) is 23.8 Å². The Morgan fingerprint density at radius 1 is 0.795 bits per heavy atom. The second-order valence-corrected chi connectivity index (χ2v) is 11.5. The van der Waals surface area contributed by atoms with Gasteiger partial charge in [-0.05, 0) is 110 Å². The van der Waals surface area contributed by atoms with Gasteiger partial charge in [-0.3, -0.25) is 9.59 Å². The minimum Gasteiger partial charge on any atom is -0.490 e. The first-order valence-electron chi connectivity index (χ1n) is 14.5. The van der Waals surface area contributed by atoms with Gasteiger partial charge in [-0.15, -0.1) is 11.8 Å². The van der Waals surface area contributed by atoms with E-state index in [1.165, 1.54) is 6.07 Å². The molecule has 5 rings (SSSR count). The molecule has 0 aliphatic heterocycles. The van der Waals surface area contributed by atoms with E-state index < -0.39 is 5.97 Å².